The minimum absolute atomic E-state index is 0.0938. The molecular weight excluding hydrogens is 383 g/mol. The van der Waals surface area contributed by atoms with Crippen LogP contribution in [0.2, 0.25) is 28.2 Å². The molecule has 4 atom stereocenters. The van der Waals surface area contributed by atoms with Gasteiger partial charge < -0.3 is 9.74 Å². The lowest BCUT2D eigenvalue weighted by atomic mass is 9.95. The molecule has 0 amide bonds. The molecule has 1 aromatic heterocycles. The predicted molar refractivity (Wildman–Crippen MR) is 113 cm³/mol. The van der Waals surface area contributed by atoms with Crippen molar-refractivity contribution >= 4 is 31.5 Å². The van der Waals surface area contributed by atoms with Crippen LogP contribution < -0.4 is 5.32 Å². The Labute approximate surface area is 169 Å². The van der Waals surface area contributed by atoms with Gasteiger partial charge in [0, 0.05) is 30.5 Å². The molecule has 0 radical (unpaired) electrons. The second-order valence-electron chi connectivity index (χ2n) is 8.06. The maximum atomic E-state index is 6.85. The average Bonchev–Trinajstić information content (AvgIpc) is 3.27. The molecule has 3 nitrogen and oxygen atoms in total. The van der Waals surface area contributed by atoms with Gasteiger partial charge in [0.1, 0.15) is 0 Å². The molecule has 2 saturated carbocycles. The number of rotatable bonds is 9. The van der Waals surface area contributed by atoms with Gasteiger partial charge in [0.15, 0.2) is 8.32 Å². The van der Waals surface area contributed by atoms with E-state index in [0.29, 0.717) is 16.1 Å². The van der Waals surface area contributed by atoms with Crippen LogP contribution in [0.4, 0.5) is 0 Å². The first-order valence-electron chi connectivity index (χ1n) is 10.2. The molecule has 0 aliphatic heterocycles. The molecule has 1 N–H and O–H groups in total. The van der Waals surface area contributed by atoms with E-state index in [1.54, 1.807) is 12.4 Å². The predicted octanol–water partition coefficient (Wildman–Crippen LogP) is 6.23. The van der Waals surface area contributed by atoms with E-state index < -0.39 is 8.32 Å². The first-order chi connectivity index (χ1) is 12.5. The smallest absolute Gasteiger partial charge is 0.192 e. The summed E-state index contributed by atoms with van der Waals surface area (Å²) >= 11 is 13.0. The third-order valence-corrected chi connectivity index (χ3v) is 12.1. The van der Waals surface area contributed by atoms with E-state index in [1.165, 1.54) is 25.7 Å². The van der Waals surface area contributed by atoms with Crippen LogP contribution in [0, 0.1) is 11.8 Å². The zero-order valence-corrected chi connectivity index (χ0v) is 18.7. The molecule has 1 heterocycles. The summed E-state index contributed by atoms with van der Waals surface area (Å²) < 4.78 is 6.85. The van der Waals surface area contributed by atoms with E-state index in [1.807, 2.05) is 0 Å². The number of hydrogen-bond donors (Lipinski definition) is 1. The zero-order valence-electron chi connectivity index (χ0n) is 16.2. The van der Waals surface area contributed by atoms with Gasteiger partial charge in [-0.1, -0.05) is 50.4 Å². The van der Waals surface area contributed by atoms with Crippen LogP contribution in [0.25, 0.3) is 0 Å². The van der Waals surface area contributed by atoms with Gasteiger partial charge in [-0.25, -0.2) is 0 Å². The lowest BCUT2D eigenvalue weighted by Crippen LogP contribution is -2.42. The molecule has 0 aromatic carbocycles. The van der Waals surface area contributed by atoms with Crippen LogP contribution in [0.1, 0.15) is 58.1 Å². The van der Waals surface area contributed by atoms with E-state index in [4.69, 9.17) is 27.6 Å². The molecule has 2 aliphatic carbocycles. The van der Waals surface area contributed by atoms with Gasteiger partial charge in [0.05, 0.1) is 16.1 Å². The molecule has 3 rings (SSSR count). The van der Waals surface area contributed by atoms with Gasteiger partial charge >= 0.3 is 0 Å². The maximum absolute atomic E-state index is 6.85. The first kappa shape index (κ1) is 20.6. The lowest BCUT2D eigenvalue weighted by molar-refractivity contribution is 0.174. The molecule has 2 fully saturated rings. The number of nitrogens with one attached hydrogen (secondary N) is 1. The Bertz CT molecular complexity index is 583. The highest BCUT2D eigenvalue weighted by atomic mass is 35.5. The highest BCUT2D eigenvalue weighted by molar-refractivity contribution is 6.73. The van der Waals surface area contributed by atoms with Gasteiger partial charge in [0.2, 0.25) is 0 Å². The van der Waals surface area contributed by atoms with Crippen molar-refractivity contribution in [2.45, 2.75) is 76.7 Å². The molecule has 2 unspecified atom stereocenters. The monoisotopic (exact) mass is 414 g/mol. The highest BCUT2D eigenvalue weighted by Crippen LogP contribution is 2.45. The number of fused-ring (bicyclic) bond motifs is 2. The highest BCUT2D eigenvalue weighted by Gasteiger charge is 2.40. The SMILES string of the molecule is CC[Si](CC)(CC)OC(CNC1C[C@@H]2CC[C@H]1C2)c1c(Cl)cncc1Cl. The van der Waals surface area contributed by atoms with Crippen LogP contribution in [0.15, 0.2) is 12.4 Å². The van der Waals surface area contributed by atoms with Gasteiger partial charge in [-0.05, 0) is 49.2 Å². The van der Waals surface area contributed by atoms with Crippen molar-refractivity contribution in [2.75, 3.05) is 6.54 Å². The third kappa shape index (κ3) is 4.30. The number of aromatic nitrogens is 1. The summed E-state index contributed by atoms with van der Waals surface area (Å²) in [5.41, 5.74) is 0.909. The zero-order chi connectivity index (χ0) is 18.7. The summed E-state index contributed by atoms with van der Waals surface area (Å²) in [6.45, 7) is 7.56. The van der Waals surface area contributed by atoms with Gasteiger partial charge in [-0.3, -0.25) is 4.98 Å². The van der Waals surface area contributed by atoms with Crippen molar-refractivity contribution in [3.63, 3.8) is 0 Å². The van der Waals surface area contributed by atoms with E-state index in [9.17, 15) is 0 Å². The summed E-state index contributed by atoms with van der Waals surface area (Å²) in [4.78, 5) is 4.12. The summed E-state index contributed by atoms with van der Waals surface area (Å²) in [6.07, 6.45) is 8.78. The van der Waals surface area contributed by atoms with Gasteiger partial charge in [-0.15, -0.1) is 0 Å². The minimum Gasteiger partial charge on any atom is -0.409 e. The van der Waals surface area contributed by atoms with Crippen molar-refractivity contribution in [3.05, 3.63) is 28.0 Å². The van der Waals surface area contributed by atoms with Crippen LogP contribution >= 0.6 is 23.2 Å². The molecule has 2 aliphatic rings. The summed E-state index contributed by atoms with van der Waals surface area (Å²) in [6, 6.07) is 3.97. The third-order valence-electron chi connectivity index (χ3n) is 6.84. The molecule has 2 bridgehead atoms. The molecule has 1 aromatic rings. The molecule has 0 spiro atoms. The summed E-state index contributed by atoms with van der Waals surface area (Å²) in [5, 5.41) is 5.05. The first-order valence-corrected chi connectivity index (χ1v) is 13.5. The molecular formula is C20H32Cl2N2OSi. The van der Waals surface area contributed by atoms with Crippen LogP contribution in [-0.4, -0.2) is 25.9 Å². The largest absolute Gasteiger partial charge is 0.409 e. The maximum Gasteiger partial charge on any atom is 0.192 e. The minimum atomic E-state index is -1.78. The van der Waals surface area contributed by atoms with Crippen molar-refractivity contribution in [1.29, 1.82) is 0 Å². The number of halogens is 2. The molecule has 6 heteroatoms. The van der Waals surface area contributed by atoms with Crippen molar-refractivity contribution < 1.29 is 4.43 Å². The number of hydrogen-bond acceptors (Lipinski definition) is 3. The number of nitrogens with zero attached hydrogens (tertiary/aromatic N) is 1. The summed E-state index contributed by atoms with van der Waals surface area (Å²) in [5.74, 6) is 1.77. The fourth-order valence-corrected chi connectivity index (χ4v) is 8.40. The van der Waals surface area contributed by atoms with Crippen molar-refractivity contribution in [2.24, 2.45) is 11.8 Å². The standard InChI is InChI=1S/C20H32Cl2N2OSi/c1-4-26(5-2,6-3)25-19(20-16(21)11-23-12-17(20)22)13-24-18-10-14-7-8-15(18)9-14/h11-12,14-15,18-19,24H,4-10,13H2,1-3H3/t14-,15+,18?,19?/m1/s1. The molecule has 26 heavy (non-hydrogen) atoms. The van der Waals surface area contributed by atoms with Crippen molar-refractivity contribution in [1.82, 2.24) is 10.3 Å². The fourth-order valence-electron chi connectivity index (χ4n) is 4.99. The fraction of sp³-hybridized carbons (Fsp3) is 0.750. The van der Waals surface area contributed by atoms with Crippen LogP contribution in [0.3, 0.4) is 0 Å². The lowest BCUT2D eigenvalue weighted by Gasteiger charge is -2.35. The van der Waals surface area contributed by atoms with E-state index in [2.05, 4.69) is 31.1 Å². The van der Waals surface area contributed by atoms with E-state index in [0.717, 1.165) is 42.1 Å². The molecule has 0 saturated heterocycles. The quantitative estimate of drug-likeness (QED) is 0.486. The Kier molecular flexibility index (Phi) is 7.06. The Morgan fingerprint density at radius 2 is 1.77 bits per heavy atom. The average molecular weight is 415 g/mol. The van der Waals surface area contributed by atoms with Crippen molar-refractivity contribution in [3.8, 4) is 0 Å². The Hall–Kier alpha value is -0.133. The normalized spacial score (nSPS) is 26.4. The Morgan fingerprint density at radius 1 is 1.12 bits per heavy atom. The van der Waals surface area contributed by atoms with Crippen LogP contribution in [0.5, 0.6) is 0 Å². The van der Waals surface area contributed by atoms with Gasteiger partial charge in [0.25, 0.3) is 0 Å². The van der Waals surface area contributed by atoms with Gasteiger partial charge in [-0.2, -0.15) is 0 Å². The van der Waals surface area contributed by atoms with Crippen LogP contribution in [-0.2, 0) is 4.43 Å². The Balaban J connectivity index is 1.79. The summed E-state index contributed by atoms with van der Waals surface area (Å²) in [7, 11) is -1.78. The Morgan fingerprint density at radius 3 is 2.27 bits per heavy atom. The number of pyridine rings is 1. The van der Waals surface area contributed by atoms with E-state index >= 15 is 0 Å². The topological polar surface area (TPSA) is 34.1 Å². The van der Waals surface area contributed by atoms with E-state index in [-0.39, 0.29) is 6.10 Å². The second kappa shape index (κ2) is 8.91. The second-order valence-corrected chi connectivity index (χ2v) is 13.6. The molecule has 146 valence electrons.